The van der Waals surface area contributed by atoms with E-state index in [9.17, 15) is 9.90 Å². The number of nitrogens with one attached hydrogen (secondary N) is 2. The quantitative estimate of drug-likeness (QED) is 0.577. The van der Waals surface area contributed by atoms with Gasteiger partial charge in [0.05, 0.1) is 12.1 Å². The fourth-order valence-electron chi connectivity index (χ4n) is 1.88. The van der Waals surface area contributed by atoms with Gasteiger partial charge >= 0.3 is 0 Å². The summed E-state index contributed by atoms with van der Waals surface area (Å²) in [4.78, 5) is 11.5. The highest BCUT2D eigenvalue weighted by Gasteiger charge is 2.30. The molecule has 0 bridgehead atoms. The first-order chi connectivity index (χ1) is 6.77. The Balaban J connectivity index is 1.66. The van der Waals surface area contributed by atoms with Gasteiger partial charge in [-0.3, -0.25) is 4.79 Å². The van der Waals surface area contributed by atoms with Gasteiger partial charge in [0, 0.05) is 6.54 Å². The number of carbonyl (C=O) groups excluding carboxylic acids is 1. The highest BCUT2D eigenvalue weighted by atomic mass is 16.3. The van der Waals surface area contributed by atoms with E-state index >= 15 is 0 Å². The van der Waals surface area contributed by atoms with Crippen LogP contribution >= 0.6 is 0 Å². The third-order valence-corrected chi connectivity index (χ3v) is 3.03. The number of rotatable bonds is 4. The predicted molar refractivity (Wildman–Crippen MR) is 52.8 cm³/mol. The van der Waals surface area contributed by atoms with E-state index < -0.39 is 0 Å². The van der Waals surface area contributed by atoms with Crippen molar-refractivity contribution >= 4 is 5.91 Å². The van der Waals surface area contributed by atoms with E-state index in [-0.39, 0.29) is 18.1 Å². The largest absolute Gasteiger partial charge is 0.391 e. The Bertz CT molecular complexity index is 210. The van der Waals surface area contributed by atoms with Crippen molar-refractivity contribution in [1.82, 2.24) is 10.6 Å². The standard InChI is InChI=1S/C10H18N2O2/c13-9(7-3-4-7)6-12-10(14)8-2-1-5-11-8/h7-9,11,13H,1-6H2,(H,12,14). The Kier molecular flexibility index (Phi) is 3.03. The van der Waals surface area contributed by atoms with Crippen LogP contribution < -0.4 is 10.6 Å². The number of aliphatic hydroxyl groups excluding tert-OH is 1. The molecule has 4 heteroatoms. The van der Waals surface area contributed by atoms with Crippen molar-refractivity contribution in [3.05, 3.63) is 0 Å². The van der Waals surface area contributed by atoms with Crippen LogP contribution in [-0.2, 0) is 4.79 Å². The molecule has 1 saturated carbocycles. The lowest BCUT2D eigenvalue weighted by Crippen LogP contribution is -2.43. The number of hydrogen-bond acceptors (Lipinski definition) is 3. The lowest BCUT2D eigenvalue weighted by Gasteiger charge is -2.14. The second-order valence-corrected chi connectivity index (χ2v) is 4.30. The second-order valence-electron chi connectivity index (χ2n) is 4.30. The summed E-state index contributed by atoms with van der Waals surface area (Å²) < 4.78 is 0. The van der Waals surface area contributed by atoms with Crippen molar-refractivity contribution in [3.8, 4) is 0 Å². The van der Waals surface area contributed by atoms with Crippen LogP contribution in [0.5, 0.6) is 0 Å². The van der Waals surface area contributed by atoms with Crippen LogP contribution in [0.1, 0.15) is 25.7 Å². The third-order valence-electron chi connectivity index (χ3n) is 3.03. The molecule has 4 nitrogen and oxygen atoms in total. The van der Waals surface area contributed by atoms with Crippen LogP contribution in [0.2, 0.25) is 0 Å². The summed E-state index contributed by atoms with van der Waals surface area (Å²) in [5, 5.41) is 15.5. The van der Waals surface area contributed by atoms with Gasteiger partial charge in [0.1, 0.15) is 0 Å². The Morgan fingerprint density at radius 2 is 2.29 bits per heavy atom. The molecule has 1 saturated heterocycles. The summed E-state index contributed by atoms with van der Waals surface area (Å²) in [7, 11) is 0. The van der Waals surface area contributed by atoms with Gasteiger partial charge < -0.3 is 15.7 Å². The first kappa shape index (κ1) is 9.93. The fourth-order valence-corrected chi connectivity index (χ4v) is 1.88. The van der Waals surface area contributed by atoms with Gasteiger partial charge in [-0.25, -0.2) is 0 Å². The fraction of sp³-hybridized carbons (Fsp3) is 0.900. The molecule has 0 aromatic carbocycles. The van der Waals surface area contributed by atoms with E-state index in [1.165, 1.54) is 0 Å². The molecule has 0 radical (unpaired) electrons. The summed E-state index contributed by atoms with van der Waals surface area (Å²) in [5.74, 6) is 0.481. The van der Waals surface area contributed by atoms with Gasteiger partial charge in [0.25, 0.3) is 0 Å². The van der Waals surface area contributed by atoms with E-state index in [1.807, 2.05) is 0 Å². The summed E-state index contributed by atoms with van der Waals surface area (Å²) in [6.07, 6.45) is 3.88. The average molecular weight is 198 g/mol. The van der Waals surface area contributed by atoms with Crippen molar-refractivity contribution in [3.63, 3.8) is 0 Å². The average Bonchev–Trinajstić information content (AvgIpc) is 2.90. The van der Waals surface area contributed by atoms with Crippen LogP contribution in [0.15, 0.2) is 0 Å². The van der Waals surface area contributed by atoms with Crippen molar-refractivity contribution in [1.29, 1.82) is 0 Å². The van der Waals surface area contributed by atoms with Crippen LogP contribution in [0, 0.1) is 5.92 Å². The Labute approximate surface area is 84.1 Å². The number of aliphatic hydroxyl groups is 1. The molecule has 2 rings (SSSR count). The minimum absolute atomic E-state index is 0.0265. The zero-order valence-corrected chi connectivity index (χ0v) is 8.33. The number of carbonyl (C=O) groups is 1. The molecule has 14 heavy (non-hydrogen) atoms. The van der Waals surface area contributed by atoms with E-state index in [0.29, 0.717) is 12.5 Å². The van der Waals surface area contributed by atoms with E-state index in [1.54, 1.807) is 0 Å². The second kappa shape index (κ2) is 4.28. The molecule has 1 heterocycles. The van der Waals surface area contributed by atoms with Gasteiger partial charge in [-0.15, -0.1) is 0 Å². The molecule has 2 fully saturated rings. The first-order valence-corrected chi connectivity index (χ1v) is 5.46. The van der Waals surface area contributed by atoms with Crippen molar-refractivity contribution in [2.45, 2.75) is 37.8 Å². The zero-order chi connectivity index (χ0) is 9.97. The molecule has 2 unspecified atom stereocenters. The molecule has 1 aliphatic carbocycles. The van der Waals surface area contributed by atoms with Crippen molar-refractivity contribution in [2.24, 2.45) is 5.92 Å². The molecule has 0 aromatic heterocycles. The molecule has 0 spiro atoms. The monoisotopic (exact) mass is 198 g/mol. The topological polar surface area (TPSA) is 61.4 Å². The van der Waals surface area contributed by atoms with E-state index in [0.717, 1.165) is 32.2 Å². The molecular weight excluding hydrogens is 180 g/mol. The normalized spacial score (nSPS) is 28.8. The minimum atomic E-state index is -0.333. The Morgan fingerprint density at radius 3 is 2.86 bits per heavy atom. The van der Waals surface area contributed by atoms with E-state index in [2.05, 4.69) is 10.6 Å². The SMILES string of the molecule is O=C(NCC(O)C1CC1)C1CCCN1. The van der Waals surface area contributed by atoms with Crippen LogP contribution in [0.4, 0.5) is 0 Å². The Hall–Kier alpha value is -0.610. The van der Waals surface area contributed by atoms with Crippen molar-refractivity contribution in [2.75, 3.05) is 13.1 Å². The van der Waals surface area contributed by atoms with Gasteiger partial charge in [-0.05, 0) is 38.1 Å². The molecule has 2 aliphatic rings. The maximum absolute atomic E-state index is 11.5. The molecule has 2 atom stereocenters. The summed E-state index contributed by atoms with van der Waals surface area (Å²) >= 11 is 0. The number of amides is 1. The molecular formula is C10H18N2O2. The minimum Gasteiger partial charge on any atom is -0.391 e. The lowest BCUT2D eigenvalue weighted by molar-refractivity contribution is -0.123. The number of hydrogen-bond donors (Lipinski definition) is 3. The molecule has 1 aliphatic heterocycles. The first-order valence-electron chi connectivity index (χ1n) is 5.46. The molecule has 0 aromatic rings. The summed E-state index contributed by atoms with van der Waals surface area (Å²) in [5.41, 5.74) is 0. The van der Waals surface area contributed by atoms with Crippen LogP contribution in [0.3, 0.4) is 0 Å². The molecule has 1 amide bonds. The lowest BCUT2D eigenvalue weighted by atomic mass is 10.2. The smallest absolute Gasteiger partial charge is 0.237 e. The van der Waals surface area contributed by atoms with Gasteiger partial charge in [-0.1, -0.05) is 0 Å². The predicted octanol–water partition coefficient (Wildman–Crippen LogP) is -0.375. The Morgan fingerprint density at radius 1 is 1.50 bits per heavy atom. The third kappa shape index (κ3) is 2.45. The van der Waals surface area contributed by atoms with Crippen molar-refractivity contribution < 1.29 is 9.90 Å². The highest BCUT2D eigenvalue weighted by molar-refractivity contribution is 5.82. The maximum Gasteiger partial charge on any atom is 0.237 e. The van der Waals surface area contributed by atoms with Gasteiger partial charge in [0.15, 0.2) is 0 Å². The summed E-state index contributed by atoms with van der Waals surface area (Å²) in [6.45, 7) is 1.35. The van der Waals surface area contributed by atoms with Gasteiger partial charge in [-0.2, -0.15) is 0 Å². The summed E-state index contributed by atoms with van der Waals surface area (Å²) in [6, 6.07) is -0.0265. The van der Waals surface area contributed by atoms with Crippen LogP contribution in [-0.4, -0.2) is 36.2 Å². The maximum atomic E-state index is 11.5. The van der Waals surface area contributed by atoms with Gasteiger partial charge in [0.2, 0.25) is 5.91 Å². The highest BCUT2D eigenvalue weighted by Crippen LogP contribution is 2.32. The van der Waals surface area contributed by atoms with E-state index in [4.69, 9.17) is 0 Å². The zero-order valence-electron chi connectivity index (χ0n) is 8.33. The molecule has 80 valence electrons. The molecule has 3 N–H and O–H groups in total. The van der Waals surface area contributed by atoms with Crippen LogP contribution in [0.25, 0.3) is 0 Å².